The smallest absolute Gasteiger partial charge is 0.657 e. The van der Waals surface area contributed by atoms with Crippen molar-refractivity contribution in [2.24, 2.45) is 0 Å². The molecule has 9 heteroatoms. The predicted octanol–water partition coefficient (Wildman–Crippen LogP) is 11.8. The van der Waals surface area contributed by atoms with E-state index in [0.717, 1.165) is 55.0 Å². The molecule has 0 aliphatic heterocycles. The van der Waals surface area contributed by atoms with Crippen LogP contribution in [0.3, 0.4) is 0 Å². The van der Waals surface area contributed by atoms with Gasteiger partial charge >= 0.3 is 21.1 Å². The Hall–Kier alpha value is -5.27. The van der Waals surface area contributed by atoms with Crippen molar-refractivity contribution in [3.63, 3.8) is 0 Å². The number of aromatic nitrogens is 4. The van der Waals surface area contributed by atoms with E-state index in [2.05, 4.69) is 48.5 Å². The Kier molecular flexibility index (Phi) is 10.0. The molecule has 0 saturated heterocycles. The zero-order valence-electron chi connectivity index (χ0n) is 26.5. The van der Waals surface area contributed by atoms with Crippen LogP contribution in [0.25, 0.3) is 33.4 Å². The monoisotopic (exact) mass is 863 g/mol. The molecule has 244 valence electrons. The average Bonchev–Trinajstić information content (AvgIpc) is 3.86. The molecule has 6 aromatic carbocycles. The van der Waals surface area contributed by atoms with Crippen molar-refractivity contribution in [3.8, 4) is 22.8 Å². The Morgan fingerprint density at radius 1 is 0.400 bits per heavy atom. The van der Waals surface area contributed by atoms with Gasteiger partial charge in [0.05, 0.1) is 0 Å². The van der Waals surface area contributed by atoms with E-state index in [0.29, 0.717) is 11.6 Å². The fourth-order valence-corrected chi connectivity index (χ4v) is 7.78. The van der Waals surface area contributed by atoms with Gasteiger partial charge in [-0.3, -0.25) is 0 Å². The summed E-state index contributed by atoms with van der Waals surface area (Å²) >= 11 is 2.76. The first-order chi connectivity index (χ1) is 24.3. The van der Waals surface area contributed by atoms with Crippen LogP contribution in [0.5, 0.6) is 0 Å². The molecule has 8 rings (SSSR count). The van der Waals surface area contributed by atoms with Gasteiger partial charge in [-0.15, -0.1) is 22.7 Å². The van der Waals surface area contributed by atoms with Crippen LogP contribution in [-0.4, -0.2) is 18.7 Å². The summed E-state index contributed by atoms with van der Waals surface area (Å²) in [5.74, 6) is 1.23. The number of nitrogens with zero attached hydrogens (tertiary/aromatic N) is 6. The molecule has 0 amide bonds. The Morgan fingerprint density at radius 2 is 0.740 bits per heavy atom. The zero-order chi connectivity index (χ0) is 32.9. The van der Waals surface area contributed by atoms with Crippen LogP contribution in [0.15, 0.2) is 170 Å². The Bertz CT molecular complexity index is 2130. The second-order valence-electron chi connectivity index (χ2n) is 11.3. The Morgan fingerprint density at radius 3 is 1.14 bits per heavy atom. The van der Waals surface area contributed by atoms with Gasteiger partial charge in [0.25, 0.3) is 0 Å². The molecular formula is C41H28N6PtS2. The summed E-state index contributed by atoms with van der Waals surface area (Å²) in [5, 5.41) is 11.4. The summed E-state index contributed by atoms with van der Waals surface area (Å²) < 4.78 is 9.94. The van der Waals surface area contributed by atoms with Crippen molar-refractivity contribution < 1.29 is 21.1 Å². The molecule has 0 N–H and O–H groups in total. The quantitative estimate of drug-likeness (QED) is 0.137. The third kappa shape index (κ3) is 6.53. The van der Waals surface area contributed by atoms with Crippen LogP contribution in [0.2, 0.25) is 0 Å². The van der Waals surface area contributed by atoms with Gasteiger partial charge in [0.15, 0.2) is 11.6 Å². The minimum absolute atomic E-state index is 0. The second-order valence-corrected chi connectivity index (χ2v) is 12.8. The summed E-state index contributed by atoms with van der Waals surface area (Å²) in [5.41, 5.74) is 6.23. The van der Waals surface area contributed by atoms with E-state index in [-0.39, 0.29) is 21.1 Å². The molecule has 0 radical (unpaired) electrons. The predicted molar refractivity (Wildman–Crippen MR) is 201 cm³/mol. The first kappa shape index (κ1) is 33.2. The maximum absolute atomic E-state index is 5.31. The topological polar surface area (TPSA) is 79.8 Å². The third-order valence-electron chi connectivity index (χ3n) is 8.21. The number of hydrogen-bond donors (Lipinski definition) is 0. The molecule has 0 fully saturated rings. The summed E-state index contributed by atoms with van der Waals surface area (Å²) in [6, 6.07) is 56.7. The minimum atomic E-state index is -0.884. The van der Waals surface area contributed by atoms with E-state index in [1.807, 2.05) is 121 Å². The van der Waals surface area contributed by atoms with Gasteiger partial charge in [0.1, 0.15) is 15.4 Å². The zero-order valence-corrected chi connectivity index (χ0v) is 30.4. The van der Waals surface area contributed by atoms with Gasteiger partial charge in [-0.25, -0.2) is 9.97 Å². The van der Waals surface area contributed by atoms with Crippen molar-refractivity contribution in [3.05, 3.63) is 202 Å². The van der Waals surface area contributed by atoms with Gasteiger partial charge < -0.3 is 10.6 Å². The van der Waals surface area contributed by atoms with E-state index < -0.39 is 5.41 Å². The second kappa shape index (κ2) is 15.1. The molecule has 2 aromatic heterocycles. The normalized spacial score (nSPS) is 11.0. The first-order valence-electron chi connectivity index (χ1n) is 15.8. The van der Waals surface area contributed by atoms with Crippen LogP contribution < -0.4 is 0 Å². The first-order valence-corrected chi connectivity index (χ1v) is 17.4. The Labute approximate surface area is 313 Å². The summed E-state index contributed by atoms with van der Waals surface area (Å²) in [6.07, 6.45) is 0. The van der Waals surface area contributed by atoms with E-state index in [9.17, 15) is 0 Å². The Balaban J connectivity index is 0.00000392. The largest absolute Gasteiger partial charge is 2.00 e. The molecule has 50 heavy (non-hydrogen) atoms. The number of rotatable bonds is 10. The third-order valence-corrected chi connectivity index (χ3v) is 9.88. The van der Waals surface area contributed by atoms with Crippen LogP contribution >= 0.6 is 23.1 Å². The molecule has 0 unspecified atom stereocenters. The van der Waals surface area contributed by atoms with Crippen molar-refractivity contribution in [1.82, 2.24) is 18.7 Å². The van der Waals surface area contributed by atoms with Crippen molar-refractivity contribution in [1.29, 1.82) is 0 Å². The van der Waals surface area contributed by atoms with Gasteiger partial charge in [-0.2, -0.15) is 8.75 Å². The summed E-state index contributed by atoms with van der Waals surface area (Å²) in [4.78, 5) is 10.6. The van der Waals surface area contributed by atoms with Crippen LogP contribution in [0.4, 0.5) is 22.7 Å². The van der Waals surface area contributed by atoms with Crippen molar-refractivity contribution >= 4 is 45.8 Å². The summed E-state index contributed by atoms with van der Waals surface area (Å²) in [7, 11) is 0. The molecule has 8 aromatic rings. The average molecular weight is 864 g/mol. The van der Waals surface area contributed by atoms with E-state index in [4.69, 9.17) is 29.3 Å². The molecule has 0 bridgehead atoms. The number of hydrogen-bond acceptors (Lipinski definition) is 6. The van der Waals surface area contributed by atoms with Crippen molar-refractivity contribution in [2.75, 3.05) is 0 Å². The van der Waals surface area contributed by atoms with E-state index in [1.54, 1.807) is 0 Å². The molecule has 6 nitrogen and oxygen atoms in total. The van der Waals surface area contributed by atoms with Gasteiger partial charge in [0, 0.05) is 11.1 Å². The van der Waals surface area contributed by atoms with Gasteiger partial charge in [-0.05, 0) is 34.2 Å². The molecule has 0 aliphatic rings. The molecule has 0 spiro atoms. The van der Waals surface area contributed by atoms with Crippen LogP contribution in [-0.2, 0) is 26.5 Å². The molecular weight excluding hydrogens is 836 g/mol. The minimum Gasteiger partial charge on any atom is -0.657 e. The standard InChI is InChI=1S/C41H28N6S2.Pt/c1-5-17-29(18-6-1)41(30-19-7-2-8-20-30,39-44-37(46-48-39)33-25-13-15-27-35(33)42-31-21-9-3-10-22-31)40-45-38(47-49-40)34-26-14-16-28-36(34)43-32-23-11-4-12-24-32;/h1-28H;/q-2;+2. The molecule has 2 heterocycles. The number of benzene rings is 6. The summed E-state index contributed by atoms with van der Waals surface area (Å²) in [6.45, 7) is 0. The van der Waals surface area contributed by atoms with E-state index >= 15 is 0 Å². The number of para-hydroxylation sites is 4. The maximum Gasteiger partial charge on any atom is 2.00 e. The van der Waals surface area contributed by atoms with E-state index in [1.165, 1.54) is 23.1 Å². The fraction of sp³-hybridized carbons (Fsp3) is 0.0244. The molecule has 0 aliphatic carbocycles. The molecule has 0 atom stereocenters. The van der Waals surface area contributed by atoms with Crippen LogP contribution in [0, 0.1) is 0 Å². The fourth-order valence-electron chi connectivity index (χ4n) is 5.90. The maximum atomic E-state index is 5.31. The van der Waals surface area contributed by atoms with Gasteiger partial charge in [-0.1, -0.05) is 170 Å². The molecule has 0 saturated carbocycles. The van der Waals surface area contributed by atoms with Gasteiger partial charge in [0.2, 0.25) is 0 Å². The van der Waals surface area contributed by atoms with Crippen molar-refractivity contribution in [2.45, 2.75) is 5.41 Å². The SMILES string of the molecule is [Pt+2].c1ccc([N-]c2ccccc2-c2nsc(C(c3ccccc3)(c3ccccc3)c3nc(-c4ccccc4[N-]c4ccccc4)ns3)n2)cc1. The van der Waals surface area contributed by atoms with Crippen LogP contribution in [0.1, 0.15) is 21.1 Å².